The van der Waals surface area contributed by atoms with Gasteiger partial charge in [-0.1, -0.05) is 6.08 Å². The van der Waals surface area contributed by atoms with Crippen molar-refractivity contribution in [1.29, 1.82) is 0 Å². The summed E-state index contributed by atoms with van der Waals surface area (Å²) in [5.41, 5.74) is 4.14. The maximum Gasteiger partial charge on any atom is 0.301 e. The zero-order valence-corrected chi connectivity index (χ0v) is 12.1. The van der Waals surface area contributed by atoms with Crippen molar-refractivity contribution in [3.8, 4) is 0 Å². The molecule has 116 valence electrons. The molecule has 0 aromatic heterocycles. The number of benzene rings is 1. The van der Waals surface area contributed by atoms with E-state index in [1.54, 1.807) is 0 Å². The quantitative estimate of drug-likeness (QED) is 0.672. The van der Waals surface area contributed by atoms with Gasteiger partial charge in [0, 0.05) is 6.07 Å². The number of non-ortho nitro benzene ring substituents is 1. The summed E-state index contributed by atoms with van der Waals surface area (Å²) in [6.45, 7) is 1.94. The first-order chi connectivity index (χ1) is 10.5. The molecule has 1 fully saturated rings. The van der Waals surface area contributed by atoms with E-state index < -0.39 is 9.85 Å². The molecule has 8 heteroatoms. The number of nitro benzene ring substituents is 2. The standard InChI is InChI=1S/C14H16N4O4/c1-2-10-5-3-4-6-12(10)15-16-13-8-7-11(17(19)20)9-14(13)18(21)22/h2,7-9,16H,3-6H2,1H3. The first kappa shape index (κ1) is 15.6. The van der Waals surface area contributed by atoms with E-state index >= 15 is 0 Å². The summed E-state index contributed by atoms with van der Waals surface area (Å²) in [5, 5.41) is 26.0. The van der Waals surface area contributed by atoms with Crippen LogP contribution in [0.2, 0.25) is 0 Å². The van der Waals surface area contributed by atoms with Gasteiger partial charge in [0.15, 0.2) is 0 Å². The molecule has 0 bridgehead atoms. The molecule has 0 saturated heterocycles. The third-order valence-electron chi connectivity index (χ3n) is 3.53. The van der Waals surface area contributed by atoms with Gasteiger partial charge in [0.2, 0.25) is 0 Å². The molecule has 0 amide bonds. The molecule has 1 aliphatic carbocycles. The molecule has 0 atom stereocenters. The van der Waals surface area contributed by atoms with Crippen molar-refractivity contribution in [3.63, 3.8) is 0 Å². The Bertz CT molecular complexity index is 667. The number of nitrogens with one attached hydrogen (secondary N) is 1. The van der Waals surface area contributed by atoms with E-state index in [0.29, 0.717) is 0 Å². The number of hydrogen-bond donors (Lipinski definition) is 1. The van der Waals surface area contributed by atoms with Gasteiger partial charge in [-0.15, -0.1) is 0 Å². The zero-order valence-electron chi connectivity index (χ0n) is 12.1. The average Bonchev–Trinajstić information content (AvgIpc) is 2.52. The lowest BCUT2D eigenvalue weighted by Gasteiger charge is -2.16. The smallest absolute Gasteiger partial charge is 0.271 e. The Morgan fingerprint density at radius 3 is 2.55 bits per heavy atom. The molecule has 0 unspecified atom stereocenters. The van der Waals surface area contributed by atoms with Gasteiger partial charge >= 0.3 is 5.69 Å². The second kappa shape index (κ2) is 6.79. The van der Waals surface area contributed by atoms with Crippen molar-refractivity contribution in [2.24, 2.45) is 5.10 Å². The molecule has 1 aromatic carbocycles. The maximum atomic E-state index is 11.1. The third kappa shape index (κ3) is 3.46. The molecule has 1 N–H and O–H groups in total. The van der Waals surface area contributed by atoms with Gasteiger partial charge in [-0.25, -0.2) is 0 Å². The zero-order chi connectivity index (χ0) is 16.1. The minimum absolute atomic E-state index is 0.143. The van der Waals surface area contributed by atoms with Gasteiger partial charge in [-0.2, -0.15) is 5.10 Å². The minimum atomic E-state index is -0.665. The van der Waals surface area contributed by atoms with Crippen LogP contribution in [0.3, 0.4) is 0 Å². The van der Waals surface area contributed by atoms with Crippen LogP contribution < -0.4 is 5.43 Å². The molecule has 2 rings (SSSR count). The predicted molar refractivity (Wildman–Crippen MR) is 83.0 cm³/mol. The van der Waals surface area contributed by atoms with Crippen molar-refractivity contribution in [1.82, 2.24) is 0 Å². The van der Waals surface area contributed by atoms with Crippen LogP contribution in [-0.4, -0.2) is 15.6 Å². The van der Waals surface area contributed by atoms with Crippen LogP contribution in [0.15, 0.2) is 34.9 Å². The number of hydrazone groups is 1. The van der Waals surface area contributed by atoms with Crippen LogP contribution >= 0.6 is 0 Å². The van der Waals surface area contributed by atoms with Gasteiger partial charge in [0.1, 0.15) is 5.69 Å². The van der Waals surface area contributed by atoms with E-state index in [0.717, 1.165) is 43.0 Å². The summed E-state index contributed by atoms with van der Waals surface area (Å²) < 4.78 is 0. The van der Waals surface area contributed by atoms with Gasteiger partial charge in [-0.3, -0.25) is 25.7 Å². The Morgan fingerprint density at radius 1 is 1.18 bits per heavy atom. The number of hydrogen-bond acceptors (Lipinski definition) is 6. The number of nitrogens with zero attached hydrogens (tertiary/aromatic N) is 3. The first-order valence-corrected chi connectivity index (χ1v) is 6.94. The monoisotopic (exact) mass is 304 g/mol. The molecule has 0 spiro atoms. The van der Waals surface area contributed by atoms with Gasteiger partial charge in [-0.05, 0) is 44.2 Å². The van der Waals surface area contributed by atoms with E-state index in [2.05, 4.69) is 10.5 Å². The molecule has 1 aromatic rings. The fraction of sp³-hybridized carbons (Fsp3) is 0.357. The molecule has 1 aliphatic rings. The second-order valence-electron chi connectivity index (χ2n) is 4.91. The van der Waals surface area contributed by atoms with E-state index in [-0.39, 0.29) is 17.1 Å². The Morgan fingerprint density at radius 2 is 1.91 bits per heavy atom. The van der Waals surface area contributed by atoms with Crippen molar-refractivity contribution < 1.29 is 9.85 Å². The number of anilines is 1. The first-order valence-electron chi connectivity index (χ1n) is 6.94. The maximum absolute atomic E-state index is 11.1. The van der Waals surface area contributed by atoms with Crippen molar-refractivity contribution >= 4 is 22.8 Å². The Hall–Kier alpha value is -2.77. The highest BCUT2D eigenvalue weighted by Gasteiger charge is 2.20. The van der Waals surface area contributed by atoms with Crippen LogP contribution in [-0.2, 0) is 0 Å². The van der Waals surface area contributed by atoms with Crippen molar-refractivity contribution in [2.75, 3.05) is 5.43 Å². The second-order valence-corrected chi connectivity index (χ2v) is 4.91. The topological polar surface area (TPSA) is 111 Å². The van der Waals surface area contributed by atoms with Crippen molar-refractivity contribution in [3.05, 3.63) is 50.1 Å². The van der Waals surface area contributed by atoms with Crippen LogP contribution in [0.1, 0.15) is 32.6 Å². The lowest BCUT2D eigenvalue weighted by atomic mass is 9.93. The average molecular weight is 304 g/mol. The summed E-state index contributed by atoms with van der Waals surface area (Å²) in [4.78, 5) is 20.4. The highest BCUT2D eigenvalue weighted by atomic mass is 16.6. The Labute approximate surface area is 126 Å². The van der Waals surface area contributed by atoms with Crippen LogP contribution in [0.4, 0.5) is 17.1 Å². The molecule has 22 heavy (non-hydrogen) atoms. The number of allylic oxidation sites excluding steroid dienone is 2. The predicted octanol–water partition coefficient (Wildman–Crippen LogP) is 3.79. The fourth-order valence-corrected chi connectivity index (χ4v) is 2.36. The SMILES string of the molecule is CC=C1CCCCC1=NNc1ccc([N+](=O)[O-])cc1[N+](=O)[O-]. The molecule has 0 aliphatic heterocycles. The largest absolute Gasteiger partial charge is 0.301 e. The summed E-state index contributed by atoms with van der Waals surface area (Å²) >= 11 is 0. The highest BCUT2D eigenvalue weighted by Crippen LogP contribution is 2.29. The molecule has 0 heterocycles. The molecule has 0 radical (unpaired) electrons. The van der Waals surface area contributed by atoms with E-state index in [1.807, 2.05) is 13.0 Å². The lowest BCUT2D eigenvalue weighted by Crippen LogP contribution is -2.11. The molecule has 1 saturated carbocycles. The summed E-state index contributed by atoms with van der Waals surface area (Å²) in [5.74, 6) is 0. The fourth-order valence-electron chi connectivity index (χ4n) is 2.36. The normalized spacial score (nSPS) is 18.4. The lowest BCUT2D eigenvalue weighted by molar-refractivity contribution is -0.393. The molecular weight excluding hydrogens is 288 g/mol. The van der Waals surface area contributed by atoms with Crippen molar-refractivity contribution in [2.45, 2.75) is 32.6 Å². The minimum Gasteiger partial charge on any atom is -0.271 e. The van der Waals surface area contributed by atoms with Gasteiger partial charge < -0.3 is 0 Å². The molecular formula is C14H16N4O4. The summed E-state index contributed by atoms with van der Waals surface area (Å²) in [6.07, 6.45) is 5.88. The number of rotatable bonds is 4. The third-order valence-corrected chi connectivity index (χ3v) is 3.53. The van der Waals surface area contributed by atoms with E-state index in [4.69, 9.17) is 0 Å². The van der Waals surface area contributed by atoms with Crippen LogP contribution in [0.25, 0.3) is 0 Å². The number of nitro groups is 2. The molecule has 8 nitrogen and oxygen atoms in total. The van der Waals surface area contributed by atoms with E-state index in [9.17, 15) is 20.2 Å². The highest BCUT2D eigenvalue weighted by molar-refractivity contribution is 6.01. The summed E-state index contributed by atoms with van der Waals surface area (Å²) in [6, 6.07) is 3.45. The van der Waals surface area contributed by atoms with Gasteiger partial charge in [0.25, 0.3) is 5.69 Å². The Kier molecular flexibility index (Phi) is 4.82. The van der Waals surface area contributed by atoms with Crippen LogP contribution in [0.5, 0.6) is 0 Å². The van der Waals surface area contributed by atoms with E-state index in [1.165, 1.54) is 12.1 Å². The van der Waals surface area contributed by atoms with Gasteiger partial charge in [0.05, 0.1) is 21.6 Å². The van der Waals surface area contributed by atoms with Crippen LogP contribution in [0, 0.1) is 20.2 Å². The Balaban J connectivity index is 2.29. The summed E-state index contributed by atoms with van der Waals surface area (Å²) in [7, 11) is 0.